The molecule has 1 amide bonds. The molecule has 0 radical (unpaired) electrons. The molecule has 0 N–H and O–H groups in total. The number of benzene rings is 2. The van der Waals surface area contributed by atoms with E-state index in [1.54, 1.807) is 0 Å². The summed E-state index contributed by atoms with van der Waals surface area (Å²) < 4.78 is 126. The largest absolute Gasteiger partial charge is 0.533 e. The van der Waals surface area contributed by atoms with Crippen LogP contribution in [0.25, 0.3) is 0 Å². The number of hydrogen-bond acceptors (Lipinski definition) is 5. The van der Waals surface area contributed by atoms with Gasteiger partial charge in [-0.25, -0.2) is 9.86 Å². The summed E-state index contributed by atoms with van der Waals surface area (Å²) in [6, 6.07) is 1.17. The van der Waals surface area contributed by atoms with Crippen LogP contribution in [0.15, 0.2) is 36.4 Å². The first-order chi connectivity index (χ1) is 18.7. The second-order valence-electron chi connectivity index (χ2n) is 9.77. The highest BCUT2D eigenvalue weighted by molar-refractivity contribution is 5.75. The maximum absolute atomic E-state index is 13.6. The Balaban J connectivity index is 2.13. The van der Waals surface area contributed by atoms with Crippen molar-refractivity contribution in [3.05, 3.63) is 64.2 Å². The molecule has 0 spiro atoms. The van der Waals surface area contributed by atoms with Crippen molar-refractivity contribution in [2.45, 2.75) is 77.4 Å². The van der Waals surface area contributed by atoms with E-state index in [1.165, 1.54) is 20.8 Å². The number of hydroxylamine groups is 1. The first kappa shape index (κ1) is 31.9. The Labute approximate surface area is 228 Å². The first-order valence-electron chi connectivity index (χ1n) is 12.1. The van der Waals surface area contributed by atoms with Gasteiger partial charge < -0.3 is 14.5 Å². The van der Waals surface area contributed by atoms with Crippen LogP contribution in [0.5, 0.6) is 0 Å². The topological polar surface area (TPSA) is 59.1 Å². The molecule has 41 heavy (non-hydrogen) atoms. The highest BCUT2D eigenvalue weighted by Gasteiger charge is 2.41. The van der Waals surface area contributed by atoms with Crippen LogP contribution >= 0.6 is 0 Å². The van der Waals surface area contributed by atoms with Crippen molar-refractivity contribution >= 4 is 17.7 Å². The molecule has 0 unspecified atom stereocenters. The number of ether oxygens (including phenoxy) is 1. The quantitative estimate of drug-likeness (QED) is 0.258. The van der Waals surface area contributed by atoms with Crippen LogP contribution in [0.3, 0.4) is 0 Å². The highest BCUT2D eigenvalue weighted by Crippen LogP contribution is 2.44. The second kappa shape index (κ2) is 11.3. The van der Waals surface area contributed by atoms with Crippen LogP contribution in [0, 0.1) is 0 Å². The van der Waals surface area contributed by atoms with Crippen LogP contribution in [0.4, 0.5) is 50.0 Å². The molecule has 1 aliphatic heterocycles. The number of alkyl halides is 9. The monoisotopic (exact) mass is 600 g/mol. The van der Waals surface area contributed by atoms with Gasteiger partial charge >= 0.3 is 24.7 Å². The lowest BCUT2D eigenvalue weighted by atomic mass is 9.90. The minimum absolute atomic E-state index is 0.0688. The molecule has 226 valence electrons. The Bertz CT molecular complexity index is 1260. The van der Waals surface area contributed by atoms with Crippen LogP contribution in [-0.2, 0) is 39.4 Å². The highest BCUT2D eigenvalue weighted by atomic mass is 19.4. The minimum Gasteiger partial charge on any atom is -0.430 e. The van der Waals surface area contributed by atoms with Crippen LogP contribution in [0.2, 0.25) is 0 Å². The fourth-order valence-corrected chi connectivity index (χ4v) is 4.46. The van der Waals surface area contributed by atoms with E-state index in [2.05, 4.69) is 0 Å². The van der Waals surface area contributed by atoms with E-state index in [4.69, 9.17) is 9.57 Å². The summed E-state index contributed by atoms with van der Waals surface area (Å²) in [7, 11) is 0. The van der Waals surface area contributed by atoms with Crippen molar-refractivity contribution in [3.63, 3.8) is 0 Å². The number of rotatable bonds is 5. The van der Waals surface area contributed by atoms with Gasteiger partial charge in [0.1, 0.15) is 0 Å². The lowest BCUT2D eigenvalue weighted by Crippen LogP contribution is -2.45. The van der Waals surface area contributed by atoms with E-state index in [-0.39, 0.29) is 23.7 Å². The molecule has 2 aromatic carbocycles. The van der Waals surface area contributed by atoms with E-state index in [0.29, 0.717) is 24.3 Å². The molecule has 0 aliphatic carbocycles. The molecule has 2 atom stereocenters. The zero-order valence-electron chi connectivity index (χ0n) is 22.0. The molecule has 0 bridgehead atoms. The molecule has 1 aliphatic rings. The maximum atomic E-state index is 13.6. The number of nitrogens with zero attached hydrogens (tertiary/aromatic N) is 2. The predicted molar refractivity (Wildman–Crippen MR) is 126 cm³/mol. The van der Waals surface area contributed by atoms with Gasteiger partial charge in [-0.05, 0) is 69.2 Å². The van der Waals surface area contributed by atoms with Gasteiger partial charge in [-0.1, -0.05) is 0 Å². The Morgan fingerprint density at radius 2 is 1.44 bits per heavy atom. The van der Waals surface area contributed by atoms with Gasteiger partial charge in [0.25, 0.3) is 0 Å². The molecule has 15 heteroatoms. The van der Waals surface area contributed by atoms with Gasteiger partial charge in [-0.2, -0.15) is 39.5 Å². The molecule has 1 heterocycles. The third kappa shape index (κ3) is 7.55. The number of fused-ring (bicyclic) bond motifs is 1. The van der Waals surface area contributed by atoms with E-state index in [0.717, 1.165) is 23.0 Å². The summed E-state index contributed by atoms with van der Waals surface area (Å²) in [5, 5.41) is 0.987. The summed E-state index contributed by atoms with van der Waals surface area (Å²) in [5.74, 6) is -0.829. The van der Waals surface area contributed by atoms with Crippen molar-refractivity contribution in [2.75, 3.05) is 5.06 Å². The smallest absolute Gasteiger partial charge is 0.430 e. The fraction of sp³-hybridized carbons (Fsp3) is 0.462. The molecule has 0 saturated heterocycles. The van der Waals surface area contributed by atoms with Crippen LogP contribution in [0.1, 0.15) is 68.0 Å². The van der Waals surface area contributed by atoms with E-state index in [9.17, 15) is 49.1 Å². The average Bonchev–Trinajstić information content (AvgIpc) is 2.81. The molecule has 0 saturated carbocycles. The van der Waals surface area contributed by atoms with Crippen molar-refractivity contribution in [1.82, 2.24) is 4.90 Å². The van der Waals surface area contributed by atoms with Crippen molar-refractivity contribution in [2.24, 2.45) is 0 Å². The summed E-state index contributed by atoms with van der Waals surface area (Å²) in [6.07, 6.45) is -17.1. The molecule has 2 aromatic rings. The van der Waals surface area contributed by atoms with Gasteiger partial charge in [0.05, 0.1) is 40.6 Å². The number of anilines is 1. The van der Waals surface area contributed by atoms with E-state index in [1.807, 2.05) is 0 Å². The van der Waals surface area contributed by atoms with Gasteiger partial charge in [0, 0.05) is 19.0 Å². The van der Waals surface area contributed by atoms with Gasteiger partial charge in [0.15, 0.2) is 0 Å². The fourth-order valence-electron chi connectivity index (χ4n) is 4.46. The number of carbonyl (C=O) groups is 2. The summed E-state index contributed by atoms with van der Waals surface area (Å²) >= 11 is 0. The van der Waals surface area contributed by atoms with Crippen molar-refractivity contribution < 1.29 is 58.7 Å². The van der Waals surface area contributed by atoms with Crippen LogP contribution < -0.4 is 5.06 Å². The predicted octanol–water partition coefficient (Wildman–Crippen LogP) is 7.91. The zero-order valence-corrected chi connectivity index (χ0v) is 22.0. The zero-order chi connectivity index (χ0) is 31.1. The van der Waals surface area contributed by atoms with E-state index >= 15 is 0 Å². The SMILES string of the molecule is CC(=O)N(Cc1cc(C(F)(F)F)cc(C(F)(F)F)c1)[C@H]1C[C@@H](C)N(OC(=O)OC(C)C)c2ccc(C(F)(F)F)cc21. The molecule has 3 rings (SSSR count). The third-order valence-electron chi connectivity index (χ3n) is 6.20. The first-order valence-corrected chi connectivity index (χ1v) is 12.1. The molecule has 0 aromatic heterocycles. The lowest BCUT2D eigenvalue weighted by Gasteiger charge is -2.43. The molecular weight excluding hydrogens is 575 g/mol. The van der Waals surface area contributed by atoms with Gasteiger partial charge in [-0.3, -0.25) is 4.79 Å². The second-order valence-corrected chi connectivity index (χ2v) is 9.77. The van der Waals surface area contributed by atoms with E-state index < -0.39 is 77.6 Å². The van der Waals surface area contributed by atoms with Gasteiger partial charge in [0.2, 0.25) is 5.91 Å². The lowest BCUT2D eigenvalue weighted by molar-refractivity contribution is -0.143. The number of carbonyl (C=O) groups excluding carboxylic acids is 2. The van der Waals surface area contributed by atoms with Crippen molar-refractivity contribution in [3.8, 4) is 0 Å². The Hall–Kier alpha value is -3.65. The molecule has 6 nitrogen and oxygen atoms in total. The minimum atomic E-state index is -5.15. The molecular formula is C26H25F9N2O4. The summed E-state index contributed by atoms with van der Waals surface area (Å²) in [6.45, 7) is 4.76. The maximum Gasteiger partial charge on any atom is 0.533 e. The van der Waals surface area contributed by atoms with Gasteiger partial charge in [-0.15, -0.1) is 0 Å². The van der Waals surface area contributed by atoms with Crippen LogP contribution in [-0.4, -0.2) is 29.1 Å². The Morgan fingerprint density at radius 1 is 0.902 bits per heavy atom. The standard InChI is InChI=1S/C26H25F9N2O4/c1-13(2)40-23(39)41-37-14(3)7-22(20-11-17(24(27,28)29)5-6-21(20)37)36(15(4)38)12-16-8-18(25(30,31)32)10-19(9-16)26(33,34)35/h5-6,8-11,13-14,22H,7,12H2,1-4H3/t14-,22+/m1/s1. The number of halogens is 9. The average molecular weight is 600 g/mol. The Morgan fingerprint density at radius 3 is 1.90 bits per heavy atom. The third-order valence-corrected chi connectivity index (χ3v) is 6.20. The number of amides is 1. The summed E-state index contributed by atoms with van der Waals surface area (Å²) in [5.41, 5.74) is -5.15. The summed E-state index contributed by atoms with van der Waals surface area (Å²) in [4.78, 5) is 31.0. The molecule has 0 fully saturated rings. The number of hydrogen-bond donors (Lipinski definition) is 0. The van der Waals surface area contributed by atoms with Crippen molar-refractivity contribution in [1.29, 1.82) is 0 Å². The normalized spacial score (nSPS) is 17.8. The Kier molecular flexibility index (Phi) is 8.80.